The highest BCUT2D eigenvalue weighted by molar-refractivity contribution is 5.78. The molecule has 2 fully saturated rings. The number of fused-ring (bicyclic) bond motifs is 1. The van der Waals surface area contributed by atoms with Gasteiger partial charge in [0.2, 0.25) is 5.91 Å². The molecule has 0 radical (unpaired) electrons. The van der Waals surface area contributed by atoms with E-state index >= 15 is 0 Å². The summed E-state index contributed by atoms with van der Waals surface area (Å²) in [6, 6.07) is 0.667. The Labute approximate surface area is 159 Å². The summed E-state index contributed by atoms with van der Waals surface area (Å²) in [5, 5.41) is 4.57. The van der Waals surface area contributed by atoms with Gasteiger partial charge in [-0.1, -0.05) is 38.5 Å². The minimum atomic E-state index is -0.186. The maximum atomic E-state index is 13.3. The van der Waals surface area contributed by atoms with Crippen molar-refractivity contribution < 1.29 is 4.79 Å². The summed E-state index contributed by atoms with van der Waals surface area (Å²) >= 11 is 0. The molecule has 0 unspecified atom stereocenters. The molecular weight excluding hydrogens is 342 g/mol. The Hall–Kier alpha value is -2.18. The van der Waals surface area contributed by atoms with Crippen molar-refractivity contribution in [2.45, 2.75) is 82.8 Å². The third kappa shape index (κ3) is 3.64. The maximum absolute atomic E-state index is 13.3. The molecule has 7 heteroatoms. The summed E-state index contributed by atoms with van der Waals surface area (Å²) in [5.74, 6) is 0.0703. The molecule has 27 heavy (non-hydrogen) atoms. The summed E-state index contributed by atoms with van der Waals surface area (Å²) in [7, 11) is 1.76. The van der Waals surface area contributed by atoms with Crippen LogP contribution in [0.1, 0.15) is 64.2 Å². The molecule has 0 saturated heterocycles. The standard InChI is InChI=1S/C20H29N5O2/c1-23-19-17(12-22-23)20(27)24(14-21-19)13-18(26)25(15-8-4-2-5-9-15)16-10-6-3-7-11-16/h12,14-16H,2-11,13H2,1H3. The first-order valence-corrected chi connectivity index (χ1v) is 10.3. The first-order valence-electron chi connectivity index (χ1n) is 10.3. The van der Waals surface area contributed by atoms with Gasteiger partial charge in [0, 0.05) is 19.1 Å². The van der Waals surface area contributed by atoms with Crippen LogP contribution in [0.3, 0.4) is 0 Å². The second kappa shape index (κ2) is 7.82. The van der Waals surface area contributed by atoms with E-state index in [0.29, 0.717) is 23.1 Å². The summed E-state index contributed by atoms with van der Waals surface area (Å²) in [4.78, 5) is 32.6. The molecule has 146 valence electrons. The number of rotatable bonds is 4. The number of amides is 1. The van der Waals surface area contributed by atoms with E-state index < -0.39 is 0 Å². The Bertz CT molecular complexity index is 841. The zero-order valence-corrected chi connectivity index (χ0v) is 16.1. The van der Waals surface area contributed by atoms with Crippen molar-refractivity contribution in [1.82, 2.24) is 24.2 Å². The van der Waals surface area contributed by atoms with Crippen LogP contribution < -0.4 is 5.56 Å². The number of aromatic nitrogens is 4. The molecule has 7 nitrogen and oxygen atoms in total. The van der Waals surface area contributed by atoms with Crippen molar-refractivity contribution in [3.8, 4) is 0 Å². The summed E-state index contributed by atoms with van der Waals surface area (Å²) < 4.78 is 3.03. The first-order chi connectivity index (χ1) is 13.1. The molecule has 2 aromatic rings. The predicted molar refractivity (Wildman–Crippen MR) is 103 cm³/mol. The highest BCUT2D eigenvalue weighted by atomic mass is 16.2. The molecular formula is C20H29N5O2. The van der Waals surface area contributed by atoms with E-state index in [1.807, 2.05) is 0 Å². The summed E-state index contributed by atoms with van der Waals surface area (Å²) in [6.45, 7) is 0.0731. The molecule has 2 aromatic heterocycles. The molecule has 0 N–H and O–H groups in total. The molecule has 2 heterocycles. The van der Waals surface area contributed by atoms with E-state index in [9.17, 15) is 9.59 Å². The summed E-state index contributed by atoms with van der Waals surface area (Å²) in [5.41, 5.74) is 0.369. The van der Waals surface area contributed by atoms with Crippen molar-refractivity contribution in [3.05, 3.63) is 22.9 Å². The van der Waals surface area contributed by atoms with Crippen LogP contribution in [-0.2, 0) is 18.4 Å². The van der Waals surface area contributed by atoms with E-state index in [1.165, 1.54) is 55.6 Å². The van der Waals surface area contributed by atoms with Crippen molar-refractivity contribution in [2.24, 2.45) is 7.05 Å². The number of carbonyl (C=O) groups excluding carboxylic acids is 1. The molecule has 0 bridgehead atoms. The Morgan fingerprint density at radius 3 is 2.26 bits per heavy atom. The lowest BCUT2D eigenvalue weighted by Gasteiger charge is -2.42. The molecule has 1 amide bonds. The van der Waals surface area contributed by atoms with Gasteiger partial charge < -0.3 is 4.90 Å². The van der Waals surface area contributed by atoms with Crippen LogP contribution in [0, 0.1) is 0 Å². The molecule has 2 aliphatic rings. The SMILES string of the molecule is Cn1ncc2c(=O)n(CC(=O)N(C3CCCCC3)C3CCCCC3)cnc21. The quantitative estimate of drug-likeness (QED) is 0.828. The topological polar surface area (TPSA) is 73.0 Å². The van der Waals surface area contributed by atoms with E-state index in [4.69, 9.17) is 0 Å². The van der Waals surface area contributed by atoms with Gasteiger partial charge in [0.25, 0.3) is 5.56 Å². The van der Waals surface area contributed by atoms with Crippen LogP contribution in [0.2, 0.25) is 0 Å². The Morgan fingerprint density at radius 2 is 1.67 bits per heavy atom. The summed E-state index contributed by atoms with van der Waals surface area (Å²) in [6.07, 6.45) is 14.7. The largest absolute Gasteiger partial charge is 0.335 e. The van der Waals surface area contributed by atoms with Gasteiger partial charge in [-0.15, -0.1) is 0 Å². The highest BCUT2D eigenvalue weighted by Crippen LogP contribution is 2.30. The maximum Gasteiger partial charge on any atom is 0.264 e. The molecule has 0 aliphatic heterocycles. The van der Waals surface area contributed by atoms with Gasteiger partial charge in [-0.3, -0.25) is 18.8 Å². The van der Waals surface area contributed by atoms with E-state index in [0.717, 1.165) is 25.7 Å². The lowest BCUT2D eigenvalue weighted by molar-refractivity contribution is -0.138. The van der Waals surface area contributed by atoms with Crippen LogP contribution in [0.4, 0.5) is 0 Å². The van der Waals surface area contributed by atoms with Crippen LogP contribution in [-0.4, -0.2) is 42.2 Å². The number of hydrogen-bond donors (Lipinski definition) is 0. The van der Waals surface area contributed by atoms with Crippen molar-refractivity contribution in [2.75, 3.05) is 0 Å². The molecule has 2 aliphatic carbocycles. The van der Waals surface area contributed by atoms with Gasteiger partial charge in [0.05, 0.1) is 6.20 Å². The smallest absolute Gasteiger partial charge is 0.264 e. The van der Waals surface area contributed by atoms with Gasteiger partial charge in [-0.2, -0.15) is 5.10 Å². The third-order valence-electron chi connectivity index (χ3n) is 6.25. The van der Waals surface area contributed by atoms with Gasteiger partial charge in [-0.25, -0.2) is 4.98 Å². The Morgan fingerprint density at radius 1 is 1.07 bits per heavy atom. The number of hydrogen-bond acceptors (Lipinski definition) is 4. The molecule has 4 rings (SSSR count). The fourth-order valence-corrected chi connectivity index (χ4v) is 4.83. The third-order valence-corrected chi connectivity index (χ3v) is 6.25. The van der Waals surface area contributed by atoms with Crippen LogP contribution in [0.25, 0.3) is 11.0 Å². The van der Waals surface area contributed by atoms with Crippen molar-refractivity contribution in [3.63, 3.8) is 0 Å². The molecule has 0 atom stereocenters. The second-order valence-corrected chi connectivity index (χ2v) is 8.07. The number of carbonyl (C=O) groups is 1. The van der Waals surface area contributed by atoms with E-state index in [-0.39, 0.29) is 18.0 Å². The fourth-order valence-electron chi connectivity index (χ4n) is 4.83. The minimum Gasteiger partial charge on any atom is -0.335 e. The Balaban J connectivity index is 1.59. The average Bonchev–Trinajstić information content (AvgIpc) is 3.08. The van der Waals surface area contributed by atoms with Crippen molar-refractivity contribution >= 4 is 16.9 Å². The minimum absolute atomic E-state index is 0.0703. The molecule has 0 aromatic carbocycles. The lowest BCUT2D eigenvalue weighted by atomic mass is 9.88. The molecule has 0 spiro atoms. The van der Waals surface area contributed by atoms with Crippen LogP contribution in [0.5, 0.6) is 0 Å². The fraction of sp³-hybridized carbons (Fsp3) is 0.700. The monoisotopic (exact) mass is 371 g/mol. The average molecular weight is 371 g/mol. The molecule has 2 saturated carbocycles. The highest BCUT2D eigenvalue weighted by Gasteiger charge is 2.32. The van der Waals surface area contributed by atoms with Crippen molar-refractivity contribution in [1.29, 1.82) is 0 Å². The lowest BCUT2D eigenvalue weighted by Crippen LogP contribution is -2.50. The van der Waals surface area contributed by atoms with E-state index in [1.54, 1.807) is 11.7 Å². The zero-order chi connectivity index (χ0) is 18.8. The normalized spacial score (nSPS) is 19.4. The van der Waals surface area contributed by atoms with E-state index in [2.05, 4.69) is 15.0 Å². The van der Waals surface area contributed by atoms with Gasteiger partial charge >= 0.3 is 0 Å². The first kappa shape index (κ1) is 18.2. The second-order valence-electron chi connectivity index (χ2n) is 8.07. The zero-order valence-electron chi connectivity index (χ0n) is 16.1. The number of nitrogens with zero attached hydrogens (tertiary/aromatic N) is 5. The predicted octanol–water partition coefficient (Wildman–Crippen LogP) is 2.62. The van der Waals surface area contributed by atoms with Crippen LogP contribution >= 0.6 is 0 Å². The number of aryl methyl sites for hydroxylation is 1. The van der Waals surface area contributed by atoms with Crippen LogP contribution in [0.15, 0.2) is 17.3 Å². The van der Waals surface area contributed by atoms with Gasteiger partial charge in [0.15, 0.2) is 5.65 Å². The van der Waals surface area contributed by atoms with Gasteiger partial charge in [0.1, 0.15) is 18.3 Å². The van der Waals surface area contributed by atoms with Gasteiger partial charge in [-0.05, 0) is 25.7 Å². The Kier molecular flexibility index (Phi) is 5.27.